The molecule has 2 rings (SSSR count). The van der Waals surface area contributed by atoms with Gasteiger partial charge in [-0.05, 0) is 31.5 Å². The molecule has 0 saturated carbocycles. The molecule has 20 heavy (non-hydrogen) atoms. The standard InChI is InChI=1S/C14H19N5O/c1-14(2,8-15)13(20)18-12-5-3-11(4-6-12)7-19-10-16-9-17-19/h3-6,9-10H,7-8,15H2,1-2H3,(H,18,20). The third-order valence-corrected chi connectivity index (χ3v) is 3.15. The van der Waals surface area contributed by atoms with Crippen molar-refractivity contribution in [1.82, 2.24) is 14.8 Å². The van der Waals surface area contributed by atoms with E-state index < -0.39 is 5.41 Å². The van der Waals surface area contributed by atoms with E-state index in [9.17, 15) is 4.79 Å². The van der Waals surface area contributed by atoms with Crippen LogP contribution in [-0.2, 0) is 11.3 Å². The minimum Gasteiger partial charge on any atom is -0.329 e. The number of carbonyl (C=O) groups is 1. The highest BCUT2D eigenvalue weighted by Crippen LogP contribution is 2.17. The molecule has 0 fully saturated rings. The van der Waals surface area contributed by atoms with Gasteiger partial charge in [-0.25, -0.2) is 9.67 Å². The summed E-state index contributed by atoms with van der Waals surface area (Å²) >= 11 is 0. The van der Waals surface area contributed by atoms with Crippen LogP contribution in [0.5, 0.6) is 0 Å². The van der Waals surface area contributed by atoms with E-state index >= 15 is 0 Å². The van der Waals surface area contributed by atoms with E-state index in [-0.39, 0.29) is 5.91 Å². The number of rotatable bonds is 5. The first-order valence-corrected chi connectivity index (χ1v) is 6.44. The van der Waals surface area contributed by atoms with Gasteiger partial charge in [0.15, 0.2) is 0 Å². The number of nitrogens with one attached hydrogen (secondary N) is 1. The van der Waals surface area contributed by atoms with Crippen LogP contribution in [0.4, 0.5) is 5.69 Å². The summed E-state index contributed by atoms with van der Waals surface area (Å²) in [7, 11) is 0. The molecule has 1 aromatic carbocycles. The van der Waals surface area contributed by atoms with E-state index in [2.05, 4.69) is 15.4 Å². The smallest absolute Gasteiger partial charge is 0.231 e. The van der Waals surface area contributed by atoms with Crippen molar-refractivity contribution in [3.63, 3.8) is 0 Å². The van der Waals surface area contributed by atoms with Crippen molar-refractivity contribution in [2.24, 2.45) is 11.1 Å². The second-order valence-corrected chi connectivity index (χ2v) is 5.33. The number of benzene rings is 1. The largest absolute Gasteiger partial charge is 0.329 e. The Hall–Kier alpha value is -2.21. The lowest BCUT2D eigenvalue weighted by molar-refractivity contribution is -0.123. The fourth-order valence-corrected chi connectivity index (χ4v) is 1.59. The number of nitrogens with zero attached hydrogens (tertiary/aromatic N) is 3. The Balaban J connectivity index is 2.00. The van der Waals surface area contributed by atoms with Gasteiger partial charge >= 0.3 is 0 Å². The van der Waals surface area contributed by atoms with E-state index in [4.69, 9.17) is 5.73 Å². The van der Waals surface area contributed by atoms with Gasteiger partial charge in [0.05, 0.1) is 12.0 Å². The average molecular weight is 273 g/mol. The van der Waals surface area contributed by atoms with Crippen molar-refractivity contribution < 1.29 is 4.79 Å². The topological polar surface area (TPSA) is 85.8 Å². The van der Waals surface area contributed by atoms with Crippen LogP contribution in [0, 0.1) is 5.41 Å². The zero-order valence-electron chi connectivity index (χ0n) is 11.7. The molecule has 0 aliphatic carbocycles. The van der Waals surface area contributed by atoms with Gasteiger partial charge in [0.25, 0.3) is 0 Å². The van der Waals surface area contributed by atoms with Crippen molar-refractivity contribution in [1.29, 1.82) is 0 Å². The SMILES string of the molecule is CC(C)(CN)C(=O)Nc1ccc(Cn2cncn2)cc1. The lowest BCUT2D eigenvalue weighted by atomic mass is 9.92. The Bertz CT molecular complexity index is 560. The van der Waals surface area contributed by atoms with E-state index in [1.807, 2.05) is 38.1 Å². The lowest BCUT2D eigenvalue weighted by Gasteiger charge is -2.21. The molecule has 6 nitrogen and oxygen atoms in total. The first kappa shape index (κ1) is 14.2. The molecule has 6 heteroatoms. The van der Waals surface area contributed by atoms with Crippen LogP contribution in [0.15, 0.2) is 36.9 Å². The Kier molecular flexibility index (Phi) is 4.14. The van der Waals surface area contributed by atoms with Crippen molar-refractivity contribution in [3.8, 4) is 0 Å². The molecule has 1 amide bonds. The zero-order valence-corrected chi connectivity index (χ0v) is 11.7. The Morgan fingerprint density at radius 2 is 2.05 bits per heavy atom. The van der Waals surface area contributed by atoms with Crippen LogP contribution in [0.1, 0.15) is 19.4 Å². The summed E-state index contributed by atoms with van der Waals surface area (Å²) in [4.78, 5) is 15.9. The van der Waals surface area contributed by atoms with Crippen molar-refractivity contribution in [2.45, 2.75) is 20.4 Å². The van der Waals surface area contributed by atoms with Crippen LogP contribution in [-0.4, -0.2) is 27.2 Å². The van der Waals surface area contributed by atoms with E-state index in [1.54, 1.807) is 11.0 Å². The van der Waals surface area contributed by atoms with E-state index in [0.29, 0.717) is 13.1 Å². The maximum Gasteiger partial charge on any atom is 0.231 e. The van der Waals surface area contributed by atoms with E-state index in [1.165, 1.54) is 6.33 Å². The van der Waals surface area contributed by atoms with Crippen LogP contribution >= 0.6 is 0 Å². The van der Waals surface area contributed by atoms with Crippen LogP contribution < -0.4 is 11.1 Å². The van der Waals surface area contributed by atoms with Crippen molar-refractivity contribution in [2.75, 3.05) is 11.9 Å². The maximum absolute atomic E-state index is 12.0. The Labute approximate surface area is 118 Å². The van der Waals surface area contributed by atoms with Crippen LogP contribution in [0.25, 0.3) is 0 Å². The quantitative estimate of drug-likeness (QED) is 0.858. The second kappa shape index (κ2) is 5.83. The van der Waals surface area contributed by atoms with Gasteiger partial charge in [-0.2, -0.15) is 5.10 Å². The molecule has 2 aromatic rings. The zero-order chi connectivity index (χ0) is 14.6. The fraction of sp³-hybridized carbons (Fsp3) is 0.357. The normalized spacial score (nSPS) is 11.3. The molecule has 1 aromatic heterocycles. The summed E-state index contributed by atoms with van der Waals surface area (Å²) in [5.41, 5.74) is 6.87. The molecule has 0 spiro atoms. The molecule has 3 N–H and O–H groups in total. The summed E-state index contributed by atoms with van der Waals surface area (Å²) in [5.74, 6) is -0.0796. The molecule has 0 saturated heterocycles. The van der Waals surface area contributed by atoms with Gasteiger partial charge in [-0.1, -0.05) is 12.1 Å². The molecular formula is C14H19N5O. The summed E-state index contributed by atoms with van der Waals surface area (Å²) in [6.45, 7) is 4.61. The number of hydrogen-bond acceptors (Lipinski definition) is 4. The number of hydrogen-bond donors (Lipinski definition) is 2. The summed E-state index contributed by atoms with van der Waals surface area (Å²) in [6.07, 6.45) is 3.17. The highest BCUT2D eigenvalue weighted by molar-refractivity contribution is 5.94. The average Bonchev–Trinajstić information content (AvgIpc) is 2.94. The predicted molar refractivity (Wildman–Crippen MR) is 77.0 cm³/mol. The Morgan fingerprint density at radius 3 is 2.60 bits per heavy atom. The first-order chi connectivity index (χ1) is 9.51. The van der Waals surface area contributed by atoms with Crippen LogP contribution in [0.2, 0.25) is 0 Å². The number of anilines is 1. The molecular weight excluding hydrogens is 254 g/mol. The maximum atomic E-state index is 12.0. The van der Waals surface area contributed by atoms with Gasteiger partial charge in [-0.15, -0.1) is 0 Å². The number of aromatic nitrogens is 3. The lowest BCUT2D eigenvalue weighted by Crippen LogP contribution is -2.37. The number of amides is 1. The molecule has 0 bridgehead atoms. The van der Waals surface area contributed by atoms with Gasteiger partial charge in [0.1, 0.15) is 12.7 Å². The van der Waals surface area contributed by atoms with Gasteiger partial charge in [0.2, 0.25) is 5.91 Å². The molecule has 0 unspecified atom stereocenters. The summed E-state index contributed by atoms with van der Waals surface area (Å²) < 4.78 is 1.74. The molecule has 0 radical (unpaired) electrons. The summed E-state index contributed by atoms with van der Waals surface area (Å²) in [6, 6.07) is 7.65. The van der Waals surface area contributed by atoms with Crippen molar-refractivity contribution in [3.05, 3.63) is 42.5 Å². The molecule has 0 atom stereocenters. The van der Waals surface area contributed by atoms with Gasteiger partial charge < -0.3 is 11.1 Å². The highest BCUT2D eigenvalue weighted by atomic mass is 16.2. The third-order valence-electron chi connectivity index (χ3n) is 3.15. The minimum absolute atomic E-state index is 0.0796. The molecule has 0 aliphatic rings. The number of nitrogens with two attached hydrogens (primary N) is 1. The summed E-state index contributed by atoms with van der Waals surface area (Å²) in [5, 5.41) is 6.91. The number of carbonyl (C=O) groups excluding carboxylic acids is 1. The predicted octanol–water partition coefficient (Wildman–Crippen LogP) is 1.25. The molecule has 1 heterocycles. The monoisotopic (exact) mass is 273 g/mol. The van der Waals surface area contributed by atoms with Gasteiger partial charge in [-0.3, -0.25) is 4.79 Å². The van der Waals surface area contributed by atoms with Crippen molar-refractivity contribution >= 4 is 11.6 Å². The molecule has 0 aliphatic heterocycles. The van der Waals surface area contributed by atoms with Crippen LogP contribution in [0.3, 0.4) is 0 Å². The first-order valence-electron chi connectivity index (χ1n) is 6.44. The second-order valence-electron chi connectivity index (χ2n) is 5.33. The van der Waals surface area contributed by atoms with E-state index in [0.717, 1.165) is 11.3 Å². The fourth-order valence-electron chi connectivity index (χ4n) is 1.59. The minimum atomic E-state index is -0.570. The Morgan fingerprint density at radius 1 is 1.35 bits per heavy atom. The molecule has 106 valence electrons. The third kappa shape index (κ3) is 3.42. The highest BCUT2D eigenvalue weighted by Gasteiger charge is 2.25. The van der Waals surface area contributed by atoms with Gasteiger partial charge in [0, 0.05) is 12.2 Å².